The fourth-order valence-electron chi connectivity index (χ4n) is 0.599. The molecule has 0 radical (unpaired) electrons. The van der Waals surface area contributed by atoms with Gasteiger partial charge in [0.25, 0.3) is 0 Å². The maximum Gasteiger partial charge on any atom is 0.319 e. The molecule has 0 aliphatic carbocycles. The zero-order chi connectivity index (χ0) is 7.07. The van der Waals surface area contributed by atoms with Gasteiger partial charge in [-0.15, -0.1) is 0 Å². The Labute approximate surface area is 51.7 Å². The van der Waals surface area contributed by atoms with E-state index in [0.29, 0.717) is 0 Å². The first-order valence-corrected chi connectivity index (χ1v) is 2.51. The van der Waals surface area contributed by atoms with E-state index in [2.05, 4.69) is 10.6 Å². The SMILES string of the molecule is C[C@@]1(O)NC(=O)N[C@H]1O. The molecule has 1 aliphatic rings. The van der Waals surface area contributed by atoms with E-state index >= 15 is 0 Å². The third-order valence-electron chi connectivity index (χ3n) is 1.17. The molecule has 52 valence electrons. The molecule has 4 N–H and O–H groups in total. The molecular formula is C4H8N2O3. The van der Waals surface area contributed by atoms with E-state index in [0.717, 1.165) is 0 Å². The van der Waals surface area contributed by atoms with Gasteiger partial charge in [0.1, 0.15) is 0 Å². The molecule has 0 aromatic carbocycles. The molecule has 0 unspecified atom stereocenters. The summed E-state index contributed by atoms with van der Waals surface area (Å²) in [6.45, 7) is 1.30. The molecule has 1 rings (SSSR count). The van der Waals surface area contributed by atoms with E-state index in [9.17, 15) is 4.79 Å². The summed E-state index contributed by atoms with van der Waals surface area (Å²) in [5.74, 6) is 0. The van der Waals surface area contributed by atoms with Crippen molar-refractivity contribution >= 4 is 6.03 Å². The van der Waals surface area contributed by atoms with Crippen LogP contribution in [0, 0.1) is 0 Å². The van der Waals surface area contributed by atoms with Crippen LogP contribution in [0.3, 0.4) is 0 Å². The van der Waals surface area contributed by atoms with E-state index in [1.54, 1.807) is 0 Å². The topological polar surface area (TPSA) is 81.6 Å². The van der Waals surface area contributed by atoms with Crippen LogP contribution in [0.5, 0.6) is 0 Å². The Morgan fingerprint density at radius 3 is 2.44 bits per heavy atom. The summed E-state index contributed by atoms with van der Waals surface area (Å²) < 4.78 is 0. The number of amides is 2. The lowest BCUT2D eigenvalue weighted by Gasteiger charge is -2.17. The smallest absolute Gasteiger partial charge is 0.319 e. The first-order valence-electron chi connectivity index (χ1n) is 2.51. The van der Waals surface area contributed by atoms with Crippen LogP contribution in [0.15, 0.2) is 0 Å². The molecule has 5 nitrogen and oxygen atoms in total. The standard InChI is InChI=1S/C4H8N2O3/c1-4(9)2(7)5-3(8)6-4/h2,7,9H,1H3,(H2,5,6,8)/t2-,4-/m0/s1. The molecule has 0 bridgehead atoms. The van der Waals surface area contributed by atoms with Crippen molar-refractivity contribution in [2.75, 3.05) is 0 Å². The van der Waals surface area contributed by atoms with Crippen molar-refractivity contribution in [2.45, 2.75) is 18.9 Å². The molecule has 1 heterocycles. The van der Waals surface area contributed by atoms with Crippen LogP contribution in [0.1, 0.15) is 6.92 Å². The third-order valence-corrected chi connectivity index (χ3v) is 1.17. The molecule has 0 aromatic rings. The number of aliphatic hydroxyl groups is 2. The molecule has 1 fully saturated rings. The number of carbonyl (C=O) groups is 1. The molecule has 2 amide bonds. The highest BCUT2D eigenvalue weighted by atomic mass is 16.4. The van der Waals surface area contributed by atoms with Crippen LogP contribution in [0.25, 0.3) is 0 Å². The summed E-state index contributed by atoms with van der Waals surface area (Å²) in [5, 5.41) is 21.9. The maximum atomic E-state index is 10.3. The molecule has 0 spiro atoms. The Hall–Kier alpha value is -0.810. The summed E-state index contributed by atoms with van der Waals surface area (Å²) in [6, 6.07) is -0.562. The average molecular weight is 132 g/mol. The number of aliphatic hydroxyl groups excluding tert-OH is 1. The Morgan fingerprint density at radius 2 is 2.33 bits per heavy atom. The number of carbonyl (C=O) groups excluding carboxylic acids is 1. The molecular weight excluding hydrogens is 124 g/mol. The minimum absolute atomic E-state index is 0.562. The van der Waals surface area contributed by atoms with Gasteiger partial charge in [0.2, 0.25) is 0 Å². The van der Waals surface area contributed by atoms with E-state index in [1.165, 1.54) is 6.92 Å². The van der Waals surface area contributed by atoms with Crippen LogP contribution in [0.2, 0.25) is 0 Å². The molecule has 2 atom stereocenters. The summed E-state index contributed by atoms with van der Waals surface area (Å²) >= 11 is 0. The highest BCUT2D eigenvalue weighted by molar-refractivity contribution is 5.77. The fourth-order valence-corrected chi connectivity index (χ4v) is 0.599. The van der Waals surface area contributed by atoms with Crippen molar-refractivity contribution in [1.29, 1.82) is 0 Å². The lowest BCUT2D eigenvalue weighted by atomic mass is 10.2. The van der Waals surface area contributed by atoms with Crippen molar-refractivity contribution in [2.24, 2.45) is 0 Å². The molecule has 1 aliphatic heterocycles. The average Bonchev–Trinajstić information content (AvgIpc) is 1.79. The van der Waals surface area contributed by atoms with Crippen molar-refractivity contribution in [1.82, 2.24) is 10.6 Å². The second-order valence-corrected chi connectivity index (χ2v) is 2.15. The van der Waals surface area contributed by atoms with Gasteiger partial charge in [-0.25, -0.2) is 4.79 Å². The lowest BCUT2D eigenvalue weighted by Crippen LogP contribution is -2.46. The number of urea groups is 1. The second-order valence-electron chi connectivity index (χ2n) is 2.15. The van der Waals surface area contributed by atoms with Gasteiger partial charge in [0.15, 0.2) is 12.0 Å². The summed E-state index contributed by atoms with van der Waals surface area (Å²) in [5.41, 5.74) is -1.53. The lowest BCUT2D eigenvalue weighted by molar-refractivity contribution is -0.0605. The monoisotopic (exact) mass is 132 g/mol. The van der Waals surface area contributed by atoms with Crippen LogP contribution in [0.4, 0.5) is 4.79 Å². The molecule has 1 saturated heterocycles. The Bertz CT molecular complexity index is 145. The molecule has 0 aromatic heterocycles. The second kappa shape index (κ2) is 1.58. The number of nitrogens with one attached hydrogen (secondary N) is 2. The predicted octanol–water partition coefficient (Wildman–Crippen LogP) is -1.67. The van der Waals surface area contributed by atoms with Crippen LogP contribution in [-0.4, -0.2) is 28.2 Å². The van der Waals surface area contributed by atoms with E-state index in [1.807, 2.05) is 0 Å². The molecule has 5 heteroatoms. The normalized spacial score (nSPS) is 42.1. The van der Waals surface area contributed by atoms with Crippen LogP contribution < -0.4 is 10.6 Å². The largest absolute Gasteiger partial charge is 0.369 e. The summed E-state index contributed by atoms with van der Waals surface area (Å²) in [4.78, 5) is 10.3. The first-order chi connectivity index (χ1) is 4.02. The predicted molar refractivity (Wildman–Crippen MR) is 28.3 cm³/mol. The molecule has 0 saturated carbocycles. The number of hydrogen-bond acceptors (Lipinski definition) is 3. The van der Waals surface area contributed by atoms with Gasteiger partial charge in [-0.3, -0.25) is 0 Å². The van der Waals surface area contributed by atoms with Crippen molar-refractivity contribution in [3.05, 3.63) is 0 Å². The van der Waals surface area contributed by atoms with Crippen LogP contribution in [-0.2, 0) is 0 Å². The summed E-state index contributed by atoms with van der Waals surface area (Å²) in [6.07, 6.45) is -1.22. The van der Waals surface area contributed by atoms with Crippen molar-refractivity contribution < 1.29 is 15.0 Å². The quantitative estimate of drug-likeness (QED) is 0.318. The van der Waals surface area contributed by atoms with Gasteiger partial charge in [-0.1, -0.05) is 0 Å². The van der Waals surface area contributed by atoms with Gasteiger partial charge in [0, 0.05) is 0 Å². The van der Waals surface area contributed by atoms with Gasteiger partial charge in [0.05, 0.1) is 0 Å². The third kappa shape index (κ3) is 0.962. The van der Waals surface area contributed by atoms with Crippen molar-refractivity contribution in [3.63, 3.8) is 0 Å². The Kier molecular flexibility index (Phi) is 1.11. The van der Waals surface area contributed by atoms with Gasteiger partial charge >= 0.3 is 6.03 Å². The molecule has 9 heavy (non-hydrogen) atoms. The van der Waals surface area contributed by atoms with Gasteiger partial charge in [-0.05, 0) is 6.92 Å². The summed E-state index contributed by atoms with van der Waals surface area (Å²) in [7, 11) is 0. The van der Waals surface area contributed by atoms with E-state index in [4.69, 9.17) is 10.2 Å². The zero-order valence-corrected chi connectivity index (χ0v) is 4.88. The zero-order valence-electron chi connectivity index (χ0n) is 4.88. The van der Waals surface area contributed by atoms with E-state index in [-0.39, 0.29) is 0 Å². The highest BCUT2D eigenvalue weighted by Gasteiger charge is 2.39. The maximum absolute atomic E-state index is 10.3. The van der Waals surface area contributed by atoms with Crippen molar-refractivity contribution in [3.8, 4) is 0 Å². The minimum Gasteiger partial charge on any atom is -0.369 e. The van der Waals surface area contributed by atoms with Crippen LogP contribution >= 0.6 is 0 Å². The van der Waals surface area contributed by atoms with Gasteiger partial charge in [-0.2, -0.15) is 0 Å². The number of rotatable bonds is 0. The minimum atomic E-state index is -1.53. The number of hydrogen-bond donors (Lipinski definition) is 4. The fraction of sp³-hybridized carbons (Fsp3) is 0.750. The van der Waals surface area contributed by atoms with E-state index < -0.39 is 18.0 Å². The highest BCUT2D eigenvalue weighted by Crippen LogP contribution is 2.07. The Morgan fingerprint density at radius 1 is 1.78 bits per heavy atom. The Balaban J connectivity index is 2.69. The first kappa shape index (κ1) is 6.31. The van der Waals surface area contributed by atoms with Gasteiger partial charge < -0.3 is 20.8 Å².